The van der Waals surface area contributed by atoms with Crippen LogP contribution in [0.5, 0.6) is 0 Å². The summed E-state index contributed by atoms with van der Waals surface area (Å²) in [7, 11) is 0. The van der Waals surface area contributed by atoms with Gasteiger partial charge in [0.15, 0.2) is 6.29 Å². The SMILES string of the molecule is CCCCCCCCN(CCCCCCCC)CC1OC(c2ccc(-c3cccc(CN4C(=O)CC(NC(=O)OCc5ccccc5)C4=O)c3)cc2)OC(c2ccc(CO)cc2)C1C. The van der Waals surface area contributed by atoms with Crippen molar-refractivity contribution in [2.24, 2.45) is 5.92 Å². The van der Waals surface area contributed by atoms with Crippen LogP contribution in [0.15, 0.2) is 103 Å². The Hall–Kier alpha value is -4.87. The number of hydrogen-bond donors (Lipinski definition) is 2. The number of alkyl carbamates (subject to hydrolysis) is 1. The summed E-state index contributed by atoms with van der Waals surface area (Å²) in [6.45, 7) is 9.94. The number of aliphatic hydroxyl groups is 1. The van der Waals surface area contributed by atoms with E-state index < -0.39 is 24.3 Å². The molecular formula is C54H71N3O7. The summed E-state index contributed by atoms with van der Waals surface area (Å²) in [4.78, 5) is 42.6. The molecule has 10 nitrogen and oxygen atoms in total. The van der Waals surface area contributed by atoms with E-state index in [1.54, 1.807) is 0 Å². The van der Waals surface area contributed by atoms with E-state index >= 15 is 0 Å². The van der Waals surface area contributed by atoms with Crippen molar-refractivity contribution >= 4 is 17.9 Å². The van der Waals surface area contributed by atoms with Crippen molar-refractivity contribution in [1.29, 1.82) is 0 Å². The minimum absolute atomic E-state index is 0.00279. The Bertz CT molecular complexity index is 2010. The summed E-state index contributed by atoms with van der Waals surface area (Å²) in [6, 6.07) is 32.5. The normalized spacial score (nSPS) is 20.0. The smallest absolute Gasteiger partial charge is 0.408 e. The zero-order valence-electron chi connectivity index (χ0n) is 38.4. The van der Waals surface area contributed by atoms with Crippen molar-refractivity contribution in [2.75, 3.05) is 19.6 Å². The molecule has 0 aliphatic carbocycles. The molecule has 4 aromatic rings. The Balaban J connectivity index is 1.12. The molecule has 2 N–H and O–H groups in total. The van der Waals surface area contributed by atoms with Crippen molar-refractivity contribution in [3.63, 3.8) is 0 Å². The molecule has 344 valence electrons. The summed E-state index contributed by atoms with van der Waals surface area (Å²) in [5.41, 5.74) is 6.43. The fraction of sp³-hybridized carbons (Fsp3) is 0.500. The van der Waals surface area contributed by atoms with Gasteiger partial charge in [-0.15, -0.1) is 0 Å². The van der Waals surface area contributed by atoms with Crippen LogP contribution in [0, 0.1) is 5.92 Å². The summed E-state index contributed by atoms with van der Waals surface area (Å²) >= 11 is 0. The van der Waals surface area contributed by atoms with Gasteiger partial charge in [0, 0.05) is 18.0 Å². The van der Waals surface area contributed by atoms with E-state index in [4.69, 9.17) is 14.2 Å². The third-order valence-corrected chi connectivity index (χ3v) is 12.7. The molecule has 5 unspecified atom stereocenters. The number of aliphatic hydroxyl groups excluding tert-OH is 1. The van der Waals surface area contributed by atoms with Gasteiger partial charge in [0.2, 0.25) is 5.91 Å². The molecule has 10 heteroatoms. The van der Waals surface area contributed by atoms with E-state index in [0.29, 0.717) is 0 Å². The molecule has 2 aliphatic heterocycles. The van der Waals surface area contributed by atoms with Gasteiger partial charge in [0.1, 0.15) is 12.6 Å². The largest absolute Gasteiger partial charge is 0.445 e. The molecule has 2 fully saturated rings. The Morgan fingerprint density at radius 3 is 2.00 bits per heavy atom. The number of amides is 3. The van der Waals surface area contributed by atoms with Crippen LogP contribution in [0.25, 0.3) is 11.1 Å². The molecule has 2 heterocycles. The number of carbonyl (C=O) groups is 3. The van der Waals surface area contributed by atoms with E-state index in [0.717, 1.165) is 58.6 Å². The van der Waals surface area contributed by atoms with E-state index in [-0.39, 0.29) is 50.2 Å². The molecule has 0 spiro atoms. The van der Waals surface area contributed by atoms with E-state index in [2.05, 4.69) is 67.4 Å². The summed E-state index contributed by atoms with van der Waals surface area (Å²) < 4.78 is 19.1. The summed E-state index contributed by atoms with van der Waals surface area (Å²) in [5.74, 6) is -0.695. The van der Waals surface area contributed by atoms with Gasteiger partial charge in [0.05, 0.1) is 31.8 Å². The standard InChI is InChI=1S/C54H71N3O7/c1-4-6-8-10-12-17-32-56(33-18-13-11-9-7-5-2)37-49-40(3)51(45-26-24-41(38-58)25-27-45)64-53(63-49)46-30-28-44(29-31-46)47-23-19-22-43(34-47)36-57-50(59)35-48(52(57)60)55-54(61)62-39-42-20-15-14-16-21-42/h14-16,19-31,34,40,48-49,51,53,58H,4-13,17-18,32-33,35-39H2,1-3H3,(H,55,61). The van der Waals surface area contributed by atoms with Gasteiger partial charge < -0.3 is 29.5 Å². The highest BCUT2D eigenvalue weighted by molar-refractivity contribution is 6.06. The number of carbonyl (C=O) groups excluding carboxylic acids is 3. The van der Waals surface area contributed by atoms with Crippen LogP contribution < -0.4 is 5.32 Å². The number of benzene rings is 4. The molecule has 5 atom stereocenters. The van der Waals surface area contributed by atoms with E-state index in [1.165, 1.54) is 81.9 Å². The lowest BCUT2D eigenvalue weighted by Gasteiger charge is -2.43. The zero-order chi connectivity index (χ0) is 45.1. The van der Waals surface area contributed by atoms with Crippen LogP contribution in [0.1, 0.15) is 144 Å². The first-order valence-electron chi connectivity index (χ1n) is 24.0. The van der Waals surface area contributed by atoms with Crippen molar-refractivity contribution in [3.05, 3.63) is 131 Å². The molecule has 2 saturated heterocycles. The van der Waals surface area contributed by atoms with Crippen molar-refractivity contribution in [3.8, 4) is 11.1 Å². The van der Waals surface area contributed by atoms with Gasteiger partial charge in [-0.25, -0.2) is 4.79 Å². The zero-order valence-corrected chi connectivity index (χ0v) is 38.4. The predicted octanol–water partition coefficient (Wildman–Crippen LogP) is 11.2. The molecule has 2 aliphatic rings. The van der Waals surface area contributed by atoms with Gasteiger partial charge in [-0.05, 0) is 65.4 Å². The Morgan fingerprint density at radius 1 is 0.719 bits per heavy atom. The third kappa shape index (κ3) is 14.3. The second kappa shape index (κ2) is 25.6. The second-order valence-electron chi connectivity index (χ2n) is 17.8. The maximum absolute atomic E-state index is 13.3. The maximum Gasteiger partial charge on any atom is 0.408 e. The maximum atomic E-state index is 13.3. The quantitative estimate of drug-likeness (QED) is 0.0499. The number of likely N-dealkylation sites (tertiary alicyclic amines) is 1. The first-order chi connectivity index (χ1) is 31.3. The van der Waals surface area contributed by atoms with Crippen LogP contribution in [0.4, 0.5) is 4.79 Å². The molecule has 0 saturated carbocycles. The summed E-state index contributed by atoms with van der Waals surface area (Å²) in [5, 5.41) is 12.3. The average molecular weight is 874 g/mol. The van der Waals surface area contributed by atoms with Crippen molar-refractivity contribution in [2.45, 2.75) is 149 Å². The molecule has 3 amide bonds. The lowest BCUT2D eigenvalue weighted by molar-refractivity contribution is -0.276. The Kier molecular flexibility index (Phi) is 19.4. The number of imide groups is 1. The first kappa shape index (κ1) is 48.6. The Labute approximate surface area is 381 Å². The molecule has 6 rings (SSSR count). The minimum Gasteiger partial charge on any atom is -0.445 e. The van der Waals surface area contributed by atoms with Gasteiger partial charge in [0.25, 0.3) is 5.91 Å². The van der Waals surface area contributed by atoms with Crippen molar-refractivity contribution < 1.29 is 33.7 Å². The molecule has 0 aromatic heterocycles. The van der Waals surface area contributed by atoms with Crippen LogP contribution in [0.2, 0.25) is 0 Å². The average Bonchev–Trinajstić information content (AvgIpc) is 3.58. The van der Waals surface area contributed by atoms with Gasteiger partial charge >= 0.3 is 6.09 Å². The number of nitrogens with zero attached hydrogens (tertiary/aromatic N) is 2. The number of hydrogen-bond acceptors (Lipinski definition) is 8. The lowest BCUT2D eigenvalue weighted by atomic mass is 9.89. The fourth-order valence-electron chi connectivity index (χ4n) is 8.84. The minimum atomic E-state index is -0.971. The van der Waals surface area contributed by atoms with Crippen LogP contribution in [0.3, 0.4) is 0 Å². The molecule has 0 radical (unpaired) electrons. The third-order valence-electron chi connectivity index (χ3n) is 12.7. The van der Waals surface area contributed by atoms with E-state index in [1.807, 2.05) is 66.7 Å². The van der Waals surface area contributed by atoms with Gasteiger partial charge in [-0.1, -0.05) is 182 Å². The van der Waals surface area contributed by atoms with E-state index in [9.17, 15) is 19.5 Å². The highest BCUT2D eigenvalue weighted by atomic mass is 16.7. The Morgan fingerprint density at radius 2 is 1.34 bits per heavy atom. The van der Waals surface area contributed by atoms with Gasteiger partial charge in [-0.3, -0.25) is 14.5 Å². The fourth-order valence-corrected chi connectivity index (χ4v) is 8.84. The van der Waals surface area contributed by atoms with Crippen LogP contribution >= 0.6 is 0 Å². The van der Waals surface area contributed by atoms with Crippen LogP contribution in [-0.4, -0.2) is 64.6 Å². The lowest BCUT2D eigenvalue weighted by Crippen LogP contribution is -2.45. The number of unbranched alkanes of at least 4 members (excludes halogenated alkanes) is 10. The highest BCUT2D eigenvalue weighted by Crippen LogP contribution is 2.42. The highest BCUT2D eigenvalue weighted by Gasteiger charge is 2.41. The molecule has 64 heavy (non-hydrogen) atoms. The molecule has 4 aromatic carbocycles. The molecule has 0 bridgehead atoms. The molecular weight excluding hydrogens is 803 g/mol. The van der Waals surface area contributed by atoms with Crippen LogP contribution in [-0.2, 0) is 43.6 Å². The summed E-state index contributed by atoms with van der Waals surface area (Å²) in [6.07, 6.45) is 13.6. The predicted molar refractivity (Wildman–Crippen MR) is 252 cm³/mol. The first-order valence-corrected chi connectivity index (χ1v) is 24.0. The number of ether oxygens (including phenoxy) is 3. The topological polar surface area (TPSA) is 118 Å². The van der Waals surface area contributed by atoms with Gasteiger partial charge in [-0.2, -0.15) is 0 Å². The number of nitrogens with one attached hydrogen (secondary N) is 1. The van der Waals surface area contributed by atoms with Crippen molar-refractivity contribution in [1.82, 2.24) is 15.1 Å². The number of rotatable bonds is 25. The second-order valence-corrected chi connectivity index (χ2v) is 17.8. The monoisotopic (exact) mass is 874 g/mol.